The van der Waals surface area contributed by atoms with E-state index in [1.807, 2.05) is 0 Å². The summed E-state index contributed by atoms with van der Waals surface area (Å²) >= 11 is 0. The number of carbonyl (C=O) groups excluding carboxylic acids is 1. The van der Waals surface area contributed by atoms with Crippen LogP contribution in [0.5, 0.6) is 0 Å². The van der Waals surface area contributed by atoms with Gasteiger partial charge in [-0.2, -0.15) is 0 Å². The maximum absolute atomic E-state index is 12.9. The first-order valence-corrected chi connectivity index (χ1v) is 4.79. The molecule has 15 heavy (non-hydrogen) atoms. The summed E-state index contributed by atoms with van der Waals surface area (Å²) in [6.07, 6.45) is 0. The Kier molecular flexibility index (Phi) is 3.80. The van der Waals surface area contributed by atoms with Gasteiger partial charge in [0.2, 0.25) is 5.91 Å². The molecule has 3 N–H and O–H groups in total. The number of rotatable bonds is 3. The molecule has 0 bridgehead atoms. The number of benzene rings is 1. The van der Waals surface area contributed by atoms with E-state index < -0.39 is 6.04 Å². The number of carbonyl (C=O) groups is 1. The van der Waals surface area contributed by atoms with Crippen LogP contribution in [-0.4, -0.2) is 11.9 Å². The lowest BCUT2D eigenvalue weighted by Crippen LogP contribution is -2.37. The normalized spacial score (nSPS) is 12.3. The van der Waals surface area contributed by atoms with Crippen molar-refractivity contribution in [1.82, 2.24) is 5.32 Å². The first-order chi connectivity index (χ1) is 7.00. The molecule has 0 fully saturated rings. The molecule has 0 heterocycles. The van der Waals surface area contributed by atoms with Crippen molar-refractivity contribution in [3.05, 3.63) is 35.1 Å². The van der Waals surface area contributed by atoms with E-state index in [0.717, 1.165) is 5.56 Å². The molecule has 0 aromatic heterocycles. The fourth-order valence-corrected chi connectivity index (χ4v) is 1.17. The molecule has 0 unspecified atom stereocenters. The molecule has 1 amide bonds. The molecule has 82 valence electrons. The molecule has 0 radical (unpaired) electrons. The molecule has 0 aliphatic rings. The summed E-state index contributed by atoms with van der Waals surface area (Å²) in [4.78, 5) is 11.2. The quantitative estimate of drug-likeness (QED) is 0.784. The minimum Gasteiger partial charge on any atom is -0.351 e. The molecular formula is C11H15FN2O. The van der Waals surface area contributed by atoms with Crippen LogP contribution in [-0.2, 0) is 11.3 Å². The number of amides is 1. The monoisotopic (exact) mass is 210 g/mol. The lowest BCUT2D eigenvalue weighted by molar-refractivity contribution is -0.122. The molecule has 0 saturated carbocycles. The van der Waals surface area contributed by atoms with Crippen LogP contribution in [0.15, 0.2) is 18.2 Å². The highest BCUT2D eigenvalue weighted by Crippen LogP contribution is 2.08. The predicted molar refractivity (Wildman–Crippen MR) is 56.6 cm³/mol. The molecule has 3 nitrogen and oxygen atoms in total. The Morgan fingerprint density at radius 3 is 2.80 bits per heavy atom. The zero-order valence-corrected chi connectivity index (χ0v) is 8.88. The van der Waals surface area contributed by atoms with Crippen LogP contribution < -0.4 is 11.1 Å². The van der Waals surface area contributed by atoms with Crippen molar-refractivity contribution in [1.29, 1.82) is 0 Å². The number of nitrogens with one attached hydrogen (secondary N) is 1. The molecule has 0 saturated heterocycles. The average molecular weight is 210 g/mol. The van der Waals surface area contributed by atoms with E-state index in [1.165, 1.54) is 6.07 Å². The molecule has 1 rings (SSSR count). The highest BCUT2D eigenvalue weighted by atomic mass is 19.1. The lowest BCUT2D eigenvalue weighted by Gasteiger charge is -2.08. The largest absolute Gasteiger partial charge is 0.351 e. The van der Waals surface area contributed by atoms with Crippen LogP contribution in [0.25, 0.3) is 0 Å². The Bertz CT molecular complexity index is 364. The molecule has 0 aliphatic carbocycles. The fraction of sp³-hybridized carbons (Fsp3) is 0.364. The summed E-state index contributed by atoms with van der Waals surface area (Å²) in [7, 11) is 0. The van der Waals surface area contributed by atoms with Gasteiger partial charge in [0.1, 0.15) is 5.82 Å². The fourth-order valence-electron chi connectivity index (χ4n) is 1.17. The van der Waals surface area contributed by atoms with Gasteiger partial charge >= 0.3 is 0 Å². The summed E-state index contributed by atoms with van der Waals surface area (Å²) in [5, 5.41) is 2.66. The number of nitrogens with two attached hydrogens (primary N) is 1. The van der Waals surface area contributed by atoms with Gasteiger partial charge in [-0.3, -0.25) is 4.79 Å². The molecular weight excluding hydrogens is 195 g/mol. The zero-order valence-electron chi connectivity index (χ0n) is 8.88. The van der Waals surface area contributed by atoms with E-state index in [2.05, 4.69) is 5.32 Å². The molecule has 0 aliphatic heterocycles. The maximum atomic E-state index is 12.9. The standard InChI is InChI=1S/C11H15FN2O/c1-7-5-9(3-4-10(7)12)6-14-11(15)8(2)13/h3-5,8H,6,13H2,1-2H3,(H,14,15)/t8-/m0/s1. The second kappa shape index (κ2) is 4.89. The van der Waals surface area contributed by atoms with Crippen molar-refractivity contribution in [2.24, 2.45) is 5.73 Å². The van der Waals surface area contributed by atoms with Crippen LogP contribution in [0, 0.1) is 12.7 Å². The summed E-state index contributed by atoms with van der Waals surface area (Å²) in [5.74, 6) is -0.450. The van der Waals surface area contributed by atoms with E-state index >= 15 is 0 Å². The topological polar surface area (TPSA) is 55.1 Å². The van der Waals surface area contributed by atoms with E-state index in [1.54, 1.807) is 26.0 Å². The van der Waals surface area contributed by atoms with Crippen molar-refractivity contribution in [2.45, 2.75) is 26.4 Å². The maximum Gasteiger partial charge on any atom is 0.236 e. The molecule has 1 aromatic carbocycles. The second-order valence-electron chi connectivity index (χ2n) is 3.59. The van der Waals surface area contributed by atoms with E-state index in [0.29, 0.717) is 12.1 Å². The van der Waals surface area contributed by atoms with Gasteiger partial charge in [-0.25, -0.2) is 4.39 Å². The molecule has 1 aromatic rings. The Hall–Kier alpha value is -1.42. The van der Waals surface area contributed by atoms with Gasteiger partial charge in [-0.1, -0.05) is 12.1 Å². The second-order valence-corrected chi connectivity index (χ2v) is 3.59. The highest BCUT2D eigenvalue weighted by Gasteiger charge is 2.06. The summed E-state index contributed by atoms with van der Waals surface area (Å²) < 4.78 is 12.9. The van der Waals surface area contributed by atoms with E-state index in [-0.39, 0.29) is 11.7 Å². The van der Waals surface area contributed by atoms with Gasteiger partial charge in [-0.15, -0.1) is 0 Å². The van der Waals surface area contributed by atoms with Gasteiger partial charge < -0.3 is 11.1 Å². The molecule has 1 atom stereocenters. The molecule has 4 heteroatoms. The third-order valence-corrected chi connectivity index (χ3v) is 2.10. The number of aryl methyl sites for hydroxylation is 1. The average Bonchev–Trinajstić information content (AvgIpc) is 2.19. The molecule has 0 spiro atoms. The summed E-state index contributed by atoms with van der Waals surface area (Å²) in [6, 6.07) is 4.22. The zero-order chi connectivity index (χ0) is 11.4. The van der Waals surface area contributed by atoms with Gasteiger partial charge in [0.05, 0.1) is 6.04 Å². The Morgan fingerprint density at radius 2 is 2.27 bits per heavy atom. The third kappa shape index (κ3) is 3.32. The van der Waals surface area contributed by atoms with Crippen LogP contribution in [0.1, 0.15) is 18.1 Å². The number of hydrogen-bond donors (Lipinski definition) is 2. The van der Waals surface area contributed by atoms with Crippen molar-refractivity contribution in [3.8, 4) is 0 Å². The predicted octanol–water partition coefficient (Wildman–Crippen LogP) is 1.10. The Balaban J connectivity index is 2.58. The highest BCUT2D eigenvalue weighted by molar-refractivity contribution is 5.80. The van der Waals surface area contributed by atoms with Crippen molar-refractivity contribution in [3.63, 3.8) is 0 Å². The van der Waals surface area contributed by atoms with Crippen molar-refractivity contribution >= 4 is 5.91 Å². The first-order valence-electron chi connectivity index (χ1n) is 4.79. The van der Waals surface area contributed by atoms with Crippen LogP contribution in [0.4, 0.5) is 4.39 Å². The Morgan fingerprint density at radius 1 is 1.60 bits per heavy atom. The minimum atomic E-state index is -0.522. The van der Waals surface area contributed by atoms with E-state index in [9.17, 15) is 9.18 Å². The summed E-state index contributed by atoms with van der Waals surface area (Å²) in [5.41, 5.74) is 6.82. The van der Waals surface area contributed by atoms with E-state index in [4.69, 9.17) is 5.73 Å². The van der Waals surface area contributed by atoms with Gasteiger partial charge in [-0.05, 0) is 31.0 Å². The number of hydrogen-bond acceptors (Lipinski definition) is 2. The van der Waals surface area contributed by atoms with Crippen molar-refractivity contribution < 1.29 is 9.18 Å². The summed E-state index contributed by atoms with van der Waals surface area (Å²) in [6.45, 7) is 3.68. The van der Waals surface area contributed by atoms with Crippen LogP contribution in [0.3, 0.4) is 0 Å². The van der Waals surface area contributed by atoms with Gasteiger partial charge in [0.15, 0.2) is 0 Å². The lowest BCUT2D eigenvalue weighted by atomic mass is 10.1. The first kappa shape index (κ1) is 11.7. The Labute approximate surface area is 88.5 Å². The SMILES string of the molecule is Cc1cc(CNC(=O)[C@H](C)N)ccc1F. The number of halogens is 1. The smallest absolute Gasteiger partial charge is 0.236 e. The van der Waals surface area contributed by atoms with Gasteiger partial charge in [0, 0.05) is 6.54 Å². The third-order valence-electron chi connectivity index (χ3n) is 2.10. The van der Waals surface area contributed by atoms with Crippen molar-refractivity contribution in [2.75, 3.05) is 0 Å². The van der Waals surface area contributed by atoms with Crippen LogP contribution >= 0.6 is 0 Å². The minimum absolute atomic E-state index is 0.211. The van der Waals surface area contributed by atoms with Gasteiger partial charge in [0.25, 0.3) is 0 Å². The van der Waals surface area contributed by atoms with Crippen LogP contribution in [0.2, 0.25) is 0 Å².